The third-order valence-electron chi connectivity index (χ3n) is 15.0. The van der Waals surface area contributed by atoms with E-state index in [0.29, 0.717) is 74.8 Å². The number of benzene rings is 4. The number of carboxylic acid groups (broad SMARTS) is 1. The van der Waals surface area contributed by atoms with E-state index >= 15 is 0 Å². The highest BCUT2D eigenvalue weighted by Crippen LogP contribution is 2.54. The van der Waals surface area contributed by atoms with Crippen LogP contribution in [0.4, 0.5) is 11.4 Å². The SMILES string of the molecule is COCCOCCOCCOCCOCCC1(C)\C(=C/C=C/C=C/C=C/C2=[N+](CCCS(=O)(=O)O)c3ccc4c(S(=O)(=O)[O-])cc(S(=O)(=O)[O-])cc4c3C2(C)CCCS(=O)(=O)[O-])N(CCCCCC(=O)O)c2ccc3c(S(=O)(=O)[O-])cc(S(=O)(=O)[O-])cc3c21. The minimum Gasteiger partial charge on any atom is -0.748 e. The van der Waals surface area contributed by atoms with Crippen LogP contribution in [0.1, 0.15) is 76.3 Å². The largest absolute Gasteiger partial charge is 0.748 e. The van der Waals surface area contributed by atoms with Gasteiger partial charge in [0.2, 0.25) is 5.69 Å². The normalized spacial score (nSPS) is 18.3. The zero-order chi connectivity index (χ0) is 65.8. The molecule has 33 heteroatoms. The van der Waals surface area contributed by atoms with Crippen LogP contribution in [0.25, 0.3) is 21.5 Å². The Morgan fingerprint density at radius 2 is 1.08 bits per heavy atom. The van der Waals surface area contributed by atoms with Gasteiger partial charge in [0.25, 0.3) is 10.1 Å². The molecule has 0 fully saturated rings. The van der Waals surface area contributed by atoms with Crippen LogP contribution in [0.2, 0.25) is 0 Å². The number of fused-ring (bicyclic) bond motifs is 6. The Labute approximate surface area is 517 Å². The molecule has 0 spiro atoms. The number of methoxy groups -OCH3 is 1. The van der Waals surface area contributed by atoms with Gasteiger partial charge in [0.15, 0.2) is 5.71 Å². The van der Waals surface area contributed by atoms with Gasteiger partial charge in [-0.15, -0.1) is 0 Å². The number of anilines is 1. The summed E-state index contributed by atoms with van der Waals surface area (Å²) < 4.78 is 250. The Kier molecular flexibility index (Phi) is 24.7. The summed E-state index contributed by atoms with van der Waals surface area (Å²) in [6.07, 6.45) is 11.4. The summed E-state index contributed by atoms with van der Waals surface area (Å²) >= 11 is 0. The predicted molar refractivity (Wildman–Crippen MR) is 318 cm³/mol. The summed E-state index contributed by atoms with van der Waals surface area (Å²) in [4.78, 5) is 9.23. The summed E-state index contributed by atoms with van der Waals surface area (Å²) in [5.74, 6) is -2.66. The smallest absolute Gasteiger partial charge is 0.303 e. The topological polar surface area (TPSA) is 430 Å². The van der Waals surface area contributed by atoms with E-state index in [1.54, 1.807) is 55.9 Å². The molecule has 0 saturated carbocycles. The Morgan fingerprint density at radius 3 is 1.60 bits per heavy atom. The van der Waals surface area contributed by atoms with E-state index in [-0.39, 0.29) is 117 Å². The first-order valence-electron chi connectivity index (χ1n) is 27.6. The summed E-state index contributed by atoms with van der Waals surface area (Å²) in [7, 11) is -29.5. The number of nitrogens with zero attached hydrogens (tertiary/aromatic N) is 2. The fraction of sp³-hybridized carbons (Fsp3) is 0.464. The number of carboxylic acids is 1. The maximum atomic E-state index is 12.8. The van der Waals surface area contributed by atoms with Crippen LogP contribution in [0.3, 0.4) is 0 Å². The molecule has 492 valence electrons. The van der Waals surface area contributed by atoms with Crippen molar-refractivity contribution in [3.05, 3.63) is 108 Å². The van der Waals surface area contributed by atoms with Crippen LogP contribution in [-0.2, 0) is 100 Å². The lowest BCUT2D eigenvalue weighted by molar-refractivity contribution is -0.437. The Hall–Kier alpha value is -5.44. The highest BCUT2D eigenvalue weighted by molar-refractivity contribution is 7.87. The van der Waals surface area contributed by atoms with E-state index in [4.69, 9.17) is 23.7 Å². The van der Waals surface area contributed by atoms with E-state index in [1.807, 2.05) is 4.90 Å². The second-order valence-corrected chi connectivity index (χ2v) is 29.8. The lowest BCUT2D eigenvalue weighted by Gasteiger charge is -2.31. The van der Waals surface area contributed by atoms with Crippen molar-refractivity contribution < 1.29 is 116 Å². The molecule has 0 radical (unpaired) electrons. The molecular formula is C56H68N2O25S6-4. The zero-order valence-corrected chi connectivity index (χ0v) is 53.5. The van der Waals surface area contributed by atoms with Crippen molar-refractivity contribution in [3.63, 3.8) is 0 Å². The molecule has 0 saturated heterocycles. The molecular weight excluding hydrogens is 1290 g/mol. The van der Waals surface area contributed by atoms with Crippen LogP contribution in [0.5, 0.6) is 0 Å². The molecule has 2 N–H and O–H groups in total. The lowest BCUT2D eigenvalue weighted by Crippen LogP contribution is -2.32. The molecule has 2 unspecified atom stereocenters. The average molecular weight is 1360 g/mol. The van der Waals surface area contributed by atoms with Crippen molar-refractivity contribution >= 4 is 105 Å². The van der Waals surface area contributed by atoms with Crippen molar-refractivity contribution in [2.24, 2.45) is 0 Å². The fourth-order valence-corrected chi connectivity index (χ4v) is 14.7. The quantitative estimate of drug-likeness (QED) is 0.0268. The standard InChI is InChI=1S/C56H72N2O25S6/c1-55(21-12-34-84(61,62)63)50(58(24-13-35-85(64,65)66)46-19-17-42-44(53(46)55)36-40(86(67,68)69)38-48(42)88(73,74)75)14-8-5-4-6-9-15-51-56(2,22-25-80-28-29-82-32-33-83-31-30-81-27-26-79-3)54-45-37-41(87(70,71)72)39-49(89(76,77)78)43(45)18-20-47(54)57(51)23-11-7-10-16-52(59)60/h4-6,8-9,14-15,17-20,36-39H,7,10-13,16,21-35H2,1-3H3,(H6-,59,60,61,62,63,64,65,66,67,68,69,70,71,72,73,74,75,76,77,78)/p-4. The number of aliphatic carboxylic acids is 1. The number of hydrogen-bond acceptors (Lipinski definition) is 24. The van der Waals surface area contributed by atoms with Gasteiger partial charge >= 0.3 is 5.97 Å². The van der Waals surface area contributed by atoms with Crippen LogP contribution >= 0.6 is 0 Å². The average Bonchev–Trinajstić information content (AvgIpc) is 1.62. The van der Waals surface area contributed by atoms with Gasteiger partial charge in [-0.2, -0.15) is 13.0 Å². The maximum absolute atomic E-state index is 12.8. The van der Waals surface area contributed by atoms with Gasteiger partial charge in [-0.3, -0.25) is 9.35 Å². The van der Waals surface area contributed by atoms with E-state index in [2.05, 4.69) is 0 Å². The molecule has 0 bridgehead atoms. The second-order valence-electron chi connectivity index (χ2n) is 21.2. The molecule has 4 aromatic rings. The Balaban J connectivity index is 1.43. The first-order valence-corrected chi connectivity index (χ1v) is 36.5. The van der Waals surface area contributed by atoms with Crippen molar-refractivity contribution in [2.75, 3.05) is 96.1 Å². The monoisotopic (exact) mass is 1360 g/mol. The molecule has 4 aromatic carbocycles. The molecule has 2 aliphatic rings. The van der Waals surface area contributed by atoms with Crippen molar-refractivity contribution in [1.29, 1.82) is 0 Å². The van der Waals surface area contributed by atoms with E-state index in [1.165, 1.54) is 36.4 Å². The minimum absolute atomic E-state index is 0.0181. The van der Waals surface area contributed by atoms with Gasteiger partial charge in [0, 0.05) is 78.7 Å². The van der Waals surface area contributed by atoms with Crippen LogP contribution in [0.15, 0.2) is 116 Å². The van der Waals surface area contributed by atoms with Crippen molar-refractivity contribution in [3.8, 4) is 0 Å². The van der Waals surface area contributed by atoms with Gasteiger partial charge in [-0.25, -0.2) is 42.1 Å². The first-order chi connectivity index (χ1) is 41.5. The summed E-state index contributed by atoms with van der Waals surface area (Å²) in [5.41, 5.74) is -0.925. The molecule has 27 nitrogen and oxygen atoms in total. The lowest BCUT2D eigenvalue weighted by atomic mass is 9.74. The molecule has 89 heavy (non-hydrogen) atoms. The number of unbranched alkanes of at least 4 members (excludes halogenated alkanes) is 2. The highest BCUT2D eigenvalue weighted by Gasteiger charge is 2.49. The number of ether oxygens (including phenoxy) is 5. The van der Waals surface area contributed by atoms with Gasteiger partial charge in [-0.1, -0.05) is 42.9 Å². The number of hydrogen-bond donors (Lipinski definition) is 2. The van der Waals surface area contributed by atoms with Gasteiger partial charge in [0.05, 0.1) is 93.7 Å². The summed E-state index contributed by atoms with van der Waals surface area (Å²) in [6.45, 7) is 5.70. The summed E-state index contributed by atoms with van der Waals surface area (Å²) in [6, 6.07) is 8.25. The number of carbonyl (C=O) groups is 1. The van der Waals surface area contributed by atoms with Crippen LogP contribution < -0.4 is 4.90 Å². The molecule has 0 amide bonds. The van der Waals surface area contributed by atoms with E-state index < -0.39 is 109 Å². The Morgan fingerprint density at radius 1 is 0.562 bits per heavy atom. The molecule has 2 heterocycles. The van der Waals surface area contributed by atoms with Crippen LogP contribution in [-0.4, -0.2) is 190 Å². The molecule has 2 aliphatic heterocycles. The molecule has 2 atom stereocenters. The highest BCUT2D eigenvalue weighted by atomic mass is 32.2. The van der Waals surface area contributed by atoms with Gasteiger partial charge in [0.1, 0.15) is 47.0 Å². The summed E-state index contributed by atoms with van der Waals surface area (Å²) in [5, 5.41) is 8.62. The van der Waals surface area contributed by atoms with E-state index in [0.717, 1.165) is 12.1 Å². The first kappa shape index (κ1) is 72.6. The molecule has 0 aliphatic carbocycles. The van der Waals surface area contributed by atoms with E-state index in [9.17, 15) is 87.7 Å². The predicted octanol–water partition coefficient (Wildman–Crippen LogP) is 4.65. The second kappa shape index (κ2) is 30.3. The number of allylic oxidation sites excluding steroid dienone is 8. The fourth-order valence-electron chi connectivity index (χ4n) is 11.1. The number of rotatable bonds is 37. The van der Waals surface area contributed by atoms with Gasteiger partial charge < -0.3 is 56.5 Å². The minimum atomic E-state index is -5.48. The van der Waals surface area contributed by atoms with Gasteiger partial charge in [-0.05, 0) is 110 Å². The van der Waals surface area contributed by atoms with Crippen LogP contribution in [0, 0.1) is 0 Å². The molecule has 0 aromatic heterocycles. The molecule has 6 rings (SSSR count). The third kappa shape index (κ3) is 19.3. The third-order valence-corrected chi connectivity index (χ3v) is 20.0. The van der Waals surface area contributed by atoms with Crippen molar-refractivity contribution in [1.82, 2.24) is 0 Å². The maximum Gasteiger partial charge on any atom is 0.303 e. The van der Waals surface area contributed by atoms with Crippen molar-refractivity contribution in [2.45, 2.75) is 95.6 Å². The zero-order valence-electron chi connectivity index (χ0n) is 48.6. The Bertz CT molecular complexity index is 4150.